The van der Waals surface area contributed by atoms with Crippen LogP contribution in [0.25, 0.3) is 6.08 Å². The molecule has 0 spiro atoms. The molecular formula is C24H24FN3O2S. The molecule has 0 unspecified atom stereocenters. The van der Waals surface area contributed by atoms with E-state index in [4.69, 9.17) is 12.2 Å². The number of piperidine rings is 1. The number of aryl methyl sites for hydroxylation is 1. The van der Waals surface area contributed by atoms with Crippen LogP contribution in [0.5, 0.6) is 0 Å². The number of carbonyl (C=O) groups excluding carboxylic acids is 2. The van der Waals surface area contributed by atoms with Crippen molar-refractivity contribution >= 4 is 46.6 Å². The highest BCUT2D eigenvalue weighted by atomic mass is 32.1. The second kappa shape index (κ2) is 8.59. The number of halogens is 1. The van der Waals surface area contributed by atoms with E-state index in [0.29, 0.717) is 16.9 Å². The lowest BCUT2D eigenvalue weighted by Gasteiger charge is -2.30. The van der Waals surface area contributed by atoms with E-state index in [-0.39, 0.29) is 16.5 Å². The van der Waals surface area contributed by atoms with Gasteiger partial charge in [0.2, 0.25) is 0 Å². The summed E-state index contributed by atoms with van der Waals surface area (Å²) in [5, 5.41) is 2.62. The molecule has 7 heteroatoms. The maximum absolute atomic E-state index is 14.8. The lowest BCUT2D eigenvalue weighted by molar-refractivity contribution is -0.122. The highest BCUT2D eigenvalue weighted by molar-refractivity contribution is 7.80. The molecule has 2 aliphatic heterocycles. The van der Waals surface area contributed by atoms with Crippen LogP contribution in [0.15, 0.2) is 42.0 Å². The summed E-state index contributed by atoms with van der Waals surface area (Å²) in [6, 6.07) is 10.4. The number of rotatable bonds is 3. The predicted octanol–water partition coefficient (Wildman–Crippen LogP) is 4.26. The Labute approximate surface area is 186 Å². The van der Waals surface area contributed by atoms with Crippen LogP contribution in [-0.4, -0.2) is 30.0 Å². The number of hydrogen-bond donors (Lipinski definition) is 1. The van der Waals surface area contributed by atoms with Crippen molar-refractivity contribution < 1.29 is 14.0 Å². The van der Waals surface area contributed by atoms with Crippen molar-refractivity contribution in [1.29, 1.82) is 0 Å². The van der Waals surface area contributed by atoms with Gasteiger partial charge in [0.15, 0.2) is 5.11 Å². The predicted molar refractivity (Wildman–Crippen MR) is 125 cm³/mol. The van der Waals surface area contributed by atoms with Crippen LogP contribution in [0, 0.1) is 19.7 Å². The molecule has 0 atom stereocenters. The average molecular weight is 438 g/mol. The molecule has 2 aromatic carbocycles. The van der Waals surface area contributed by atoms with Gasteiger partial charge in [0.1, 0.15) is 11.4 Å². The third-order valence-electron chi connectivity index (χ3n) is 5.90. The molecule has 2 fully saturated rings. The Hall–Kier alpha value is -3.06. The molecule has 160 valence electrons. The number of thiocarbonyl (C=S) groups is 1. The van der Waals surface area contributed by atoms with Gasteiger partial charge in [-0.05, 0) is 86.3 Å². The molecule has 1 N–H and O–H groups in total. The summed E-state index contributed by atoms with van der Waals surface area (Å²) in [7, 11) is 0. The zero-order valence-electron chi connectivity index (χ0n) is 17.6. The van der Waals surface area contributed by atoms with Crippen molar-refractivity contribution in [2.75, 3.05) is 22.9 Å². The second-order valence-corrected chi connectivity index (χ2v) is 8.32. The summed E-state index contributed by atoms with van der Waals surface area (Å²) in [5.74, 6) is -1.47. The van der Waals surface area contributed by atoms with Gasteiger partial charge >= 0.3 is 0 Å². The van der Waals surface area contributed by atoms with E-state index in [9.17, 15) is 14.0 Å². The van der Waals surface area contributed by atoms with E-state index in [1.54, 1.807) is 18.2 Å². The highest BCUT2D eigenvalue weighted by Gasteiger charge is 2.35. The van der Waals surface area contributed by atoms with Gasteiger partial charge in [0.25, 0.3) is 11.8 Å². The number of hydrogen-bond acceptors (Lipinski definition) is 4. The summed E-state index contributed by atoms with van der Waals surface area (Å²) in [4.78, 5) is 29.1. The van der Waals surface area contributed by atoms with E-state index < -0.39 is 11.8 Å². The molecule has 0 saturated carbocycles. The molecule has 2 aromatic rings. The van der Waals surface area contributed by atoms with Gasteiger partial charge < -0.3 is 4.90 Å². The van der Waals surface area contributed by atoms with Gasteiger partial charge in [-0.2, -0.15) is 0 Å². The lowest BCUT2D eigenvalue weighted by Crippen LogP contribution is -2.54. The monoisotopic (exact) mass is 437 g/mol. The Kier molecular flexibility index (Phi) is 5.87. The normalized spacial score (nSPS) is 18.5. The van der Waals surface area contributed by atoms with E-state index in [2.05, 4.69) is 5.32 Å². The fourth-order valence-electron chi connectivity index (χ4n) is 4.02. The van der Waals surface area contributed by atoms with Crippen molar-refractivity contribution in [3.8, 4) is 0 Å². The Bertz CT molecular complexity index is 1110. The second-order valence-electron chi connectivity index (χ2n) is 7.94. The molecule has 5 nitrogen and oxygen atoms in total. The molecule has 0 radical (unpaired) electrons. The van der Waals surface area contributed by atoms with Crippen molar-refractivity contribution in [3.63, 3.8) is 0 Å². The molecule has 2 saturated heterocycles. The first kappa shape index (κ1) is 21.2. The van der Waals surface area contributed by atoms with Crippen LogP contribution in [0.2, 0.25) is 0 Å². The molecule has 0 aromatic heterocycles. The number of amides is 2. The zero-order valence-corrected chi connectivity index (χ0v) is 18.4. The summed E-state index contributed by atoms with van der Waals surface area (Å²) in [6.07, 6.45) is 4.68. The third-order valence-corrected chi connectivity index (χ3v) is 6.18. The zero-order chi connectivity index (χ0) is 22.1. The van der Waals surface area contributed by atoms with Crippen LogP contribution in [-0.2, 0) is 9.59 Å². The number of benzene rings is 2. The van der Waals surface area contributed by atoms with Gasteiger partial charge in [-0.1, -0.05) is 18.2 Å². The first-order chi connectivity index (χ1) is 14.9. The highest BCUT2D eigenvalue weighted by Crippen LogP contribution is 2.28. The Morgan fingerprint density at radius 3 is 2.48 bits per heavy atom. The minimum atomic E-state index is -0.586. The quantitative estimate of drug-likeness (QED) is 0.443. The van der Waals surface area contributed by atoms with E-state index in [0.717, 1.165) is 43.5 Å². The first-order valence-corrected chi connectivity index (χ1v) is 10.8. The first-order valence-electron chi connectivity index (χ1n) is 10.4. The third kappa shape index (κ3) is 4.10. The summed E-state index contributed by atoms with van der Waals surface area (Å²) >= 11 is 5.27. The summed E-state index contributed by atoms with van der Waals surface area (Å²) < 4.78 is 14.8. The molecule has 0 aliphatic carbocycles. The minimum Gasteiger partial charge on any atom is -0.369 e. The van der Waals surface area contributed by atoms with Gasteiger partial charge in [-0.15, -0.1) is 0 Å². The standard InChI is InChI=1S/C24H24FN3O2S/c1-15-7-6-8-20(16(15)2)28-23(30)18(22(29)26-24(28)31)13-17-9-10-21(19(25)14-17)27-11-4-3-5-12-27/h6-10,13-14H,3-5,11-12H2,1-2H3,(H,26,29,31)/b18-13+. The lowest BCUT2D eigenvalue weighted by atomic mass is 10.0. The minimum absolute atomic E-state index is 0.0347. The molecular weight excluding hydrogens is 413 g/mol. The maximum Gasteiger partial charge on any atom is 0.270 e. The largest absolute Gasteiger partial charge is 0.369 e. The number of nitrogens with zero attached hydrogens (tertiary/aromatic N) is 2. The number of carbonyl (C=O) groups is 2. The van der Waals surface area contributed by atoms with Crippen molar-refractivity contribution in [2.24, 2.45) is 0 Å². The van der Waals surface area contributed by atoms with Crippen LogP contribution < -0.4 is 15.1 Å². The van der Waals surface area contributed by atoms with Gasteiger partial charge in [-0.25, -0.2) is 4.39 Å². The topological polar surface area (TPSA) is 52.7 Å². The SMILES string of the molecule is Cc1cccc(N2C(=O)/C(=C/c3ccc(N4CCCCC4)c(F)c3)C(=O)NC2=S)c1C. The van der Waals surface area contributed by atoms with E-state index >= 15 is 0 Å². The fourth-order valence-corrected chi connectivity index (χ4v) is 4.30. The van der Waals surface area contributed by atoms with Crippen LogP contribution in [0.1, 0.15) is 36.0 Å². The molecule has 2 heterocycles. The molecule has 0 bridgehead atoms. The molecule has 2 amide bonds. The summed E-state index contributed by atoms with van der Waals surface area (Å²) in [5.41, 5.74) is 3.44. The van der Waals surface area contributed by atoms with Crippen LogP contribution in [0.3, 0.4) is 0 Å². The van der Waals surface area contributed by atoms with E-state index in [1.165, 1.54) is 17.0 Å². The van der Waals surface area contributed by atoms with Gasteiger partial charge in [0, 0.05) is 13.1 Å². The van der Waals surface area contributed by atoms with Gasteiger partial charge in [-0.3, -0.25) is 19.8 Å². The van der Waals surface area contributed by atoms with Crippen LogP contribution in [0.4, 0.5) is 15.8 Å². The van der Waals surface area contributed by atoms with Crippen molar-refractivity contribution in [2.45, 2.75) is 33.1 Å². The number of anilines is 2. The average Bonchev–Trinajstić information content (AvgIpc) is 2.75. The van der Waals surface area contributed by atoms with Crippen molar-refractivity contribution in [1.82, 2.24) is 5.32 Å². The smallest absolute Gasteiger partial charge is 0.270 e. The van der Waals surface area contributed by atoms with Gasteiger partial charge in [0.05, 0.1) is 11.4 Å². The Balaban J connectivity index is 1.67. The number of nitrogens with one attached hydrogen (secondary N) is 1. The van der Waals surface area contributed by atoms with E-state index in [1.807, 2.05) is 30.9 Å². The maximum atomic E-state index is 14.8. The molecule has 4 rings (SSSR count). The summed E-state index contributed by atoms with van der Waals surface area (Å²) in [6.45, 7) is 5.51. The molecule has 2 aliphatic rings. The Morgan fingerprint density at radius 2 is 1.77 bits per heavy atom. The fraction of sp³-hybridized carbons (Fsp3) is 0.292. The molecule has 31 heavy (non-hydrogen) atoms. The van der Waals surface area contributed by atoms with Crippen molar-refractivity contribution in [3.05, 3.63) is 64.5 Å². The van der Waals surface area contributed by atoms with Crippen LogP contribution >= 0.6 is 12.2 Å². The Morgan fingerprint density at radius 1 is 1.03 bits per heavy atom.